The van der Waals surface area contributed by atoms with Crippen molar-refractivity contribution in [1.29, 1.82) is 0 Å². The Kier molecular flexibility index (Phi) is 19.6. The number of hydrogen-bond acceptors (Lipinski definition) is 6. The molecule has 0 radical (unpaired) electrons. The van der Waals surface area contributed by atoms with E-state index in [-0.39, 0.29) is 0 Å². The van der Waals surface area contributed by atoms with Crippen LogP contribution in [0.1, 0.15) is 94.6 Å². The van der Waals surface area contributed by atoms with Crippen LogP contribution >= 0.6 is 0 Å². The van der Waals surface area contributed by atoms with E-state index in [1.54, 1.807) is 0 Å². The van der Waals surface area contributed by atoms with Gasteiger partial charge in [0.2, 0.25) is 0 Å². The van der Waals surface area contributed by atoms with E-state index in [1.807, 2.05) is 78.9 Å². The molecule has 0 bridgehead atoms. The van der Waals surface area contributed by atoms with Crippen molar-refractivity contribution in [3.8, 4) is 34.9 Å². The molecule has 6 nitrogen and oxygen atoms in total. The highest BCUT2D eigenvalue weighted by Gasteiger charge is 2.12. The van der Waals surface area contributed by atoms with Crippen LogP contribution in [0.2, 0.25) is 0 Å². The summed E-state index contributed by atoms with van der Waals surface area (Å²) in [4.78, 5) is 4.80. The van der Waals surface area contributed by atoms with Crippen LogP contribution in [0.4, 0.5) is 0 Å². The third-order valence-corrected chi connectivity index (χ3v) is 6.93. The van der Waals surface area contributed by atoms with Gasteiger partial charge in [0.25, 0.3) is 0 Å². The summed E-state index contributed by atoms with van der Waals surface area (Å²) in [5.74, 6) is 13.0. The van der Waals surface area contributed by atoms with Gasteiger partial charge >= 0.3 is 0 Å². The summed E-state index contributed by atoms with van der Waals surface area (Å²) < 4.78 is 5.40. The fourth-order valence-electron chi connectivity index (χ4n) is 4.21. The molecule has 0 aliphatic carbocycles. The average molecular weight is 632 g/mol. The SMILES string of the molecule is CCCCC#C/C(=N\O)c1ccccc1.CCCCC#C/C(=N\OC)c1ccccc1.CCCCc1onc(-c2ccccc2)c1C. The first-order valence-corrected chi connectivity index (χ1v) is 16.5. The highest BCUT2D eigenvalue weighted by Crippen LogP contribution is 2.25. The number of aryl methyl sites for hydroxylation is 1. The molecule has 6 heteroatoms. The zero-order valence-corrected chi connectivity index (χ0v) is 28.6. The van der Waals surface area contributed by atoms with Crippen LogP contribution in [0.3, 0.4) is 0 Å². The summed E-state index contributed by atoms with van der Waals surface area (Å²) in [7, 11) is 1.54. The Balaban J connectivity index is 0.000000245. The molecule has 1 aromatic heterocycles. The Morgan fingerprint density at radius 3 is 1.70 bits per heavy atom. The van der Waals surface area contributed by atoms with E-state index >= 15 is 0 Å². The van der Waals surface area contributed by atoms with Crippen LogP contribution < -0.4 is 0 Å². The summed E-state index contributed by atoms with van der Waals surface area (Å²) in [5, 5.41) is 20.1. The predicted molar refractivity (Wildman–Crippen MR) is 195 cm³/mol. The number of hydrogen-bond donors (Lipinski definition) is 1. The summed E-state index contributed by atoms with van der Waals surface area (Å²) in [6.45, 7) is 8.55. The Morgan fingerprint density at radius 1 is 0.723 bits per heavy atom. The summed E-state index contributed by atoms with van der Waals surface area (Å²) >= 11 is 0. The van der Waals surface area contributed by atoms with Crippen LogP contribution in [0.5, 0.6) is 0 Å². The number of benzene rings is 3. The quantitative estimate of drug-likeness (QED) is 0.0587. The van der Waals surface area contributed by atoms with Crippen LogP contribution in [-0.4, -0.2) is 28.9 Å². The van der Waals surface area contributed by atoms with E-state index in [2.05, 4.69) is 79.0 Å². The van der Waals surface area contributed by atoms with Crippen molar-refractivity contribution >= 4 is 11.4 Å². The first-order chi connectivity index (χ1) is 23.1. The van der Waals surface area contributed by atoms with Crippen molar-refractivity contribution in [3.63, 3.8) is 0 Å². The van der Waals surface area contributed by atoms with Crippen molar-refractivity contribution in [2.75, 3.05) is 7.11 Å². The minimum absolute atomic E-state index is 0.437. The lowest BCUT2D eigenvalue weighted by atomic mass is 10.1. The number of oxime groups is 2. The van der Waals surface area contributed by atoms with Gasteiger partial charge in [-0.15, -0.1) is 0 Å². The molecule has 3 aromatic carbocycles. The normalized spacial score (nSPS) is 10.6. The molecule has 0 amide bonds. The molecule has 0 saturated heterocycles. The maximum absolute atomic E-state index is 8.82. The average Bonchev–Trinajstić information content (AvgIpc) is 3.50. The Morgan fingerprint density at radius 2 is 1.21 bits per heavy atom. The minimum Gasteiger partial charge on any atom is -0.410 e. The molecular weight excluding hydrogens is 582 g/mol. The minimum atomic E-state index is 0.437. The van der Waals surface area contributed by atoms with Crippen LogP contribution in [-0.2, 0) is 11.3 Å². The van der Waals surface area contributed by atoms with Crippen LogP contribution in [0.15, 0.2) is 106 Å². The number of unbranched alkanes of at least 4 members (excludes halogenated alkanes) is 5. The molecule has 246 valence electrons. The Hall–Kier alpha value is -5.07. The lowest BCUT2D eigenvalue weighted by Gasteiger charge is -1.97. The largest absolute Gasteiger partial charge is 0.410 e. The lowest BCUT2D eigenvalue weighted by molar-refractivity contribution is 0.214. The molecule has 1 N–H and O–H groups in total. The van der Waals surface area contributed by atoms with E-state index in [4.69, 9.17) is 14.6 Å². The maximum Gasteiger partial charge on any atom is 0.159 e. The van der Waals surface area contributed by atoms with Crippen molar-refractivity contribution in [2.24, 2.45) is 10.3 Å². The highest BCUT2D eigenvalue weighted by molar-refractivity contribution is 6.13. The molecule has 0 fully saturated rings. The van der Waals surface area contributed by atoms with Crippen molar-refractivity contribution in [2.45, 2.75) is 85.5 Å². The van der Waals surface area contributed by atoms with Gasteiger partial charge < -0.3 is 14.6 Å². The van der Waals surface area contributed by atoms with E-state index in [0.29, 0.717) is 11.4 Å². The third kappa shape index (κ3) is 14.7. The summed E-state index contributed by atoms with van der Waals surface area (Å²) in [6, 6.07) is 29.5. The van der Waals surface area contributed by atoms with Gasteiger partial charge in [-0.05, 0) is 38.0 Å². The Labute approximate surface area is 281 Å². The molecule has 47 heavy (non-hydrogen) atoms. The van der Waals surface area contributed by atoms with Gasteiger partial charge in [0.05, 0.1) is 0 Å². The van der Waals surface area contributed by atoms with Crippen LogP contribution in [0, 0.1) is 30.6 Å². The van der Waals surface area contributed by atoms with E-state index < -0.39 is 0 Å². The standard InChI is InChI=1S/2C14H17NO.C13H15NO/c1-3-4-10-13-11(2)14(15-16-13)12-8-6-5-7-9-12;1-3-4-5-9-12-14(15-16-2)13-10-7-6-8-11-13;1-2-3-4-8-11-13(14-15)12-9-6-5-7-10-12/h5-9H,3-4,10H2,1-2H3;6-8,10-11H,3-5H2,1-2H3;5-7,9-10,15H,2-4H2,1H3/b;15-14+;14-13+. The first-order valence-electron chi connectivity index (χ1n) is 16.5. The smallest absolute Gasteiger partial charge is 0.159 e. The fraction of sp³-hybridized carbons (Fsp3) is 0.341. The zero-order chi connectivity index (χ0) is 34.0. The van der Waals surface area contributed by atoms with E-state index in [1.165, 1.54) is 19.1 Å². The second kappa shape index (κ2) is 24.2. The third-order valence-electron chi connectivity index (χ3n) is 6.93. The predicted octanol–water partition coefficient (Wildman–Crippen LogP) is 10.3. The van der Waals surface area contributed by atoms with Gasteiger partial charge in [-0.2, -0.15) is 0 Å². The fourth-order valence-corrected chi connectivity index (χ4v) is 4.21. The van der Waals surface area contributed by atoms with Crippen LogP contribution in [0.25, 0.3) is 11.3 Å². The molecule has 1 heterocycles. The lowest BCUT2D eigenvalue weighted by Crippen LogP contribution is -1.97. The number of aromatic nitrogens is 1. The van der Waals surface area contributed by atoms with E-state index in [9.17, 15) is 0 Å². The van der Waals surface area contributed by atoms with Gasteiger partial charge in [0.15, 0.2) is 11.4 Å². The zero-order valence-electron chi connectivity index (χ0n) is 28.6. The molecule has 0 atom stereocenters. The summed E-state index contributed by atoms with van der Waals surface area (Å²) in [6.07, 6.45) is 9.59. The summed E-state index contributed by atoms with van der Waals surface area (Å²) in [5.41, 5.74) is 6.26. The second-order valence-corrected chi connectivity index (χ2v) is 10.7. The Bertz CT molecular complexity index is 1590. The molecule has 0 unspecified atom stereocenters. The first kappa shape index (κ1) is 38.1. The van der Waals surface area contributed by atoms with Gasteiger partial charge in [-0.3, -0.25) is 0 Å². The second-order valence-electron chi connectivity index (χ2n) is 10.7. The molecule has 0 saturated carbocycles. The molecule has 0 aliphatic heterocycles. The van der Waals surface area contributed by atoms with E-state index in [0.717, 1.165) is 79.5 Å². The van der Waals surface area contributed by atoms with Gasteiger partial charge in [0.1, 0.15) is 18.6 Å². The number of rotatable bonds is 11. The van der Waals surface area contributed by atoms with Gasteiger partial charge in [0, 0.05) is 41.5 Å². The maximum atomic E-state index is 8.82. The van der Waals surface area contributed by atoms with Crippen molar-refractivity contribution in [3.05, 3.63) is 113 Å². The van der Waals surface area contributed by atoms with Crippen molar-refractivity contribution < 1.29 is 14.6 Å². The molecule has 0 aliphatic rings. The highest BCUT2D eigenvalue weighted by atomic mass is 16.6. The van der Waals surface area contributed by atoms with Gasteiger partial charge in [-0.1, -0.05) is 158 Å². The topological polar surface area (TPSA) is 80.2 Å². The monoisotopic (exact) mass is 631 g/mol. The molecule has 0 spiro atoms. The van der Waals surface area contributed by atoms with Crippen molar-refractivity contribution in [1.82, 2.24) is 5.16 Å². The molecule has 4 rings (SSSR count). The molecule has 4 aromatic rings. The number of nitrogens with zero attached hydrogens (tertiary/aromatic N) is 3. The van der Waals surface area contributed by atoms with Gasteiger partial charge in [-0.25, -0.2) is 0 Å². The molecular formula is C41H49N3O3.